The molecule has 1 aromatic heterocycles. The average Bonchev–Trinajstić information content (AvgIpc) is 2.52. The molecule has 0 saturated carbocycles. The highest BCUT2D eigenvalue weighted by molar-refractivity contribution is 5.81. The van der Waals surface area contributed by atoms with Gasteiger partial charge in [-0.15, -0.1) is 0 Å². The van der Waals surface area contributed by atoms with Crippen molar-refractivity contribution in [1.82, 2.24) is 9.88 Å². The number of nitrogens with two attached hydrogens (primary N) is 1. The smallest absolute Gasteiger partial charge is 0.241 e. The van der Waals surface area contributed by atoms with Crippen molar-refractivity contribution in [3.8, 4) is 0 Å². The highest BCUT2D eigenvalue weighted by atomic mass is 16.2. The van der Waals surface area contributed by atoms with Gasteiger partial charge < -0.3 is 15.5 Å². The van der Waals surface area contributed by atoms with E-state index in [1.807, 2.05) is 26.1 Å². The van der Waals surface area contributed by atoms with Crippen molar-refractivity contribution in [2.45, 2.75) is 19.4 Å². The fourth-order valence-electron chi connectivity index (χ4n) is 2.06. The average molecular weight is 248 g/mol. The van der Waals surface area contributed by atoms with Gasteiger partial charge in [-0.2, -0.15) is 0 Å². The fraction of sp³-hybridized carbons (Fsp3) is 0.538. The van der Waals surface area contributed by atoms with Crippen molar-refractivity contribution in [2.24, 2.45) is 5.73 Å². The molecule has 0 unspecified atom stereocenters. The Labute approximate surface area is 108 Å². The van der Waals surface area contributed by atoms with Gasteiger partial charge in [0.2, 0.25) is 5.91 Å². The first-order chi connectivity index (χ1) is 8.58. The summed E-state index contributed by atoms with van der Waals surface area (Å²) < 4.78 is 0. The second-order valence-corrected chi connectivity index (χ2v) is 4.82. The summed E-state index contributed by atoms with van der Waals surface area (Å²) >= 11 is 0. The molecule has 2 N–H and O–H groups in total. The minimum atomic E-state index is -0.0593. The minimum absolute atomic E-state index is 0.0593. The summed E-state index contributed by atoms with van der Waals surface area (Å²) in [5.74, 6) is 0.156. The lowest BCUT2D eigenvalue weighted by molar-refractivity contribution is -0.127. The second-order valence-electron chi connectivity index (χ2n) is 4.82. The van der Waals surface area contributed by atoms with Crippen LogP contribution in [0.5, 0.6) is 0 Å². The largest absolute Gasteiger partial charge is 0.361 e. The van der Waals surface area contributed by atoms with E-state index in [9.17, 15) is 4.79 Å². The first kappa shape index (κ1) is 12.8. The van der Waals surface area contributed by atoms with Gasteiger partial charge in [0.1, 0.15) is 0 Å². The van der Waals surface area contributed by atoms with E-state index in [-0.39, 0.29) is 11.9 Å². The maximum Gasteiger partial charge on any atom is 0.241 e. The van der Waals surface area contributed by atoms with Gasteiger partial charge in [-0.1, -0.05) is 0 Å². The summed E-state index contributed by atoms with van der Waals surface area (Å²) in [6, 6.07) is 3.86. The third-order valence-corrected chi connectivity index (χ3v) is 3.28. The molecule has 1 amide bonds. The molecule has 2 heterocycles. The van der Waals surface area contributed by atoms with E-state index < -0.39 is 0 Å². The number of carbonyl (C=O) groups is 1. The highest BCUT2D eigenvalue weighted by Gasteiger charge is 2.19. The topological polar surface area (TPSA) is 62.5 Å². The van der Waals surface area contributed by atoms with Gasteiger partial charge in [-0.3, -0.25) is 9.78 Å². The quantitative estimate of drug-likeness (QED) is 0.839. The third kappa shape index (κ3) is 2.79. The predicted molar refractivity (Wildman–Crippen MR) is 71.3 cm³/mol. The summed E-state index contributed by atoms with van der Waals surface area (Å²) in [4.78, 5) is 20.0. The lowest BCUT2D eigenvalue weighted by Crippen LogP contribution is -2.34. The molecule has 1 aromatic rings. The molecule has 0 spiro atoms. The molecule has 18 heavy (non-hydrogen) atoms. The Bertz CT molecular complexity index is 416. The monoisotopic (exact) mass is 248 g/mol. The highest BCUT2D eigenvalue weighted by Crippen LogP contribution is 2.17. The Morgan fingerprint density at radius 2 is 2.17 bits per heavy atom. The number of nitrogens with zero attached hydrogens (tertiary/aromatic N) is 3. The number of anilines is 1. The zero-order valence-corrected chi connectivity index (χ0v) is 11.0. The standard InChI is InChI=1S/C13H20N4O/c1-10(14)12-5-4-11(8-15-12)17-7-3-6-16(2)13(18)9-17/h4-5,8,10H,3,6-7,9,14H2,1-2H3/t10-/m0/s1. The number of hydrogen-bond acceptors (Lipinski definition) is 4. The van der Waals surface area contributed by atoms with Gasteiger partial charge in [0.15, 0.2) is 0 Å². The minimum Gasteiger partial charge on any atom is -0.361 e. The van der Waals surface area contributed by atoms with Gasteiger partial charge in [-0.05, 0) is 25.5 Å². The van der Waals surface area contributed by atoms with E-state index in [0.717, 1.165) is 30.9 Å². The van der Waals surface area contributed by atoms with Crippen molar-refractivity contribution in [3.05, 3.63) is 24.0 Å². The Hall–Kier alpha value is -1.62. The van der Waals surface area contributed by atoms with Crippen LogP contribution in [0.15, 0.2) is 18.3 Å². The van der Waals surface area contributed by atoms with Gasteiger partial charge in [0.05, 0.1) is 24.1 Å². The molecule has 1 atom stereocenters. The van der Waals surface area contributed by atoms with Crippen molar-refractivity contribution >= 4 is 11.6 Å². The molecule has 1 fully saturated rings. The third-order valence-electron chi connectivity index (χ3n) is 3.28. The van der Waals surface area contributed by atoms with Gasteiger partial charge in [-0.25, -0.2) is 0 Å². The van der Waals surface area contributed by atoms with Crippen LogP contribution in [0.4, 0.5) is 5.69 Å². The fourth-order valence-corrected chi connectivity index (χ4v) is 2.06. The normalized spacial score (nSPS) is 18.7. The summed E-state index contributed by atoms with van der Waals surface area (Å²) in [5.41, 5.74) is 7.63. The molecule has 0 aromatic carbocycles. The van der Waals surface area contributed by atoms with Crippen LogP contribution in [0.3, 0.4) is 0 Å². The van der Waals surface area contributed by atoms with Crippen LogP contribution in [0.1, 0.15) is 25.1 Å². The molecular weight excluding hydrogens is 228 g/mol. The molecular formula is C13H20N4O. The van der Waals surface area contributed by atoms with Crippen LogP contribution >= 0.6 is 0 Å². The molecule has 5 nitrogen and oxygen atoms in total. The first-order valence-electron chi connectivity index (χ1n) is 6.28. The number of carbonyl (C=O) groups excluding carboxylic acids is 1. The van der Waals surface area contributed by atoms with Gasteiger partial charge >= 0.3 is 0 Å². The summed E-state index contributed by atoms with van der Waals surface area (Å²) in [6.45, 7) is 4.04. The SMILES string of the molecule is C[C@H](N)c1ccc(N2CCCN(C)C(=O)C2)cn1. The molecule has 5 heteroatoms. The van der Waals surface area contributed by atoms with Crippen molar-refractivity contribution in [3.63, 3.8) is 0 Å². The van der Waals surface area contributed by atoms with Crippen LogP contribution < -0.4 is 10.6 Å². The van der Waals surface area contributed by atoms with E-state index in [4.69, 9.17) is 5.73 Å². The Morgan fingerprint density at radius 1 is 1.39 bits per heavy atom. The Balaban J connectivity index is 2.13. The molecule has 98 valence electrons. The molecule has 0 bridgehead atoms. The van der Waals surface area contributed by atoms with Crippen LogP contribution in [0.25, 0.3) is 0 Å². The molecule has 1 saturated heterocycles. The molecule has 1 aliphatic rings. The lowest BCUT2D eigenvalue weighted by atomic mass is 10.2. The maximum absolute atomic E-state index is 11.8. The van der Waals surface area contributed by atoms with Crippen LogP contribution in [0.2, 0.25) is 0 Å². The van der Waals surface area contributed by atoms with Crippen LogP contribution in [0, 0.1) is 0 Å². The Morgan fingerprint density at radius 3 is 2.78 bits per heavy atom. The Kier molecular flexibility index (Phi) is 3.81. The van der Waals surface area contributed by atoms with Crippen molar-refractivity contribution < 1.29 is 4.79 Å². The number of hydrogen-bond donors (Lipinski definition) is 1. The van der Waals surface area contributed by atoms with Gasteiger partial charge in [0, 0.05) is 26.2 Å². The maximum atomic E-state index is 11.8. The second kappa shape index (κ2) is 5.35. The number of likely N-dealkylation sites (N-methyl/N-ethyl adjacent to an activating group) is 1. The zero-order chi connectivity index (χ0) is 13.1. The van der Waals surface area contributed by atoms with E-state index in [1.54, 1.807) is 11.1 Å². The van der Waals surface area contributed by atoms with E-state index in [2.05, 4.69) is 9.88 Å². The number of rotatable bonds is 2. The van der Waals surface area contributed by atoms with Gasteiger partial charge in [0.25, 0.3) is 0 Å². The molecule has 0 aliphatic carbocycles. The van der Waals surface area contributed by atoms with E-state index in [0.29, 0.717) is 6.54 Å². The summed E-state index contributed by atoms with van der Waals surface area (Å²) in [5, 5.41) is 0. The van der Waals surface area contributed by atoms with Crippen LogP contribution in [-0.4, -0.2) is 42.5 Å². The molecule has 1 aliphatic heterocycles. The number of pyridine rings is 1. The van der Waals surface area contributed by atoms with E-state index >= 15 is 0 Å². The van der Waals surface area contributed by atoms with Crippen LogP contribution in [-0.2, 0) is 4.79 Å². The van der Waals surface area contributed by atoms with E-state index in [1.165, 1.54) is 0 Å². The predicted octanol–water partition coefficient (Wildman–Crippen LogP) is 0.770. The summed E-state index contributed by atoms with van der Waals surface area (Å²) in [6.07, 6.45) is 2.79. The molecule has 2 rings (SSSR count). The van der Waals surface area contributed by atoms with Crippen molar-refractivity contribution in [2.75, 3.05) is 31.6 Å². The first-order valence-corrected chi connectivity index (χ1v) is 6.28. The zero-order valence-electron chi connectivity index (χ0n) is 11.0. The summed E-state index contributed by atoms with van der Waals surface area (Å²) in [7, 11) is 1.85. The van der Waals surface area contributed by atoms with Crippen molar-refractivity contribution in [1.29, 1.82) is 0 Å². The number of amides is 1. The number of aromatic nitrogens is 1. The lowest BCUT2D eigenvalue weighted by Gasteiger charge is -2.21. The molecule has 0 radical (unpaired) electrons.